The van der Waals surface area contributed by atoms with E-state index in [2.05, 4.69) is 5.32 Å². The summed E-state index contributed by atoms with van der Waals surface area (Å²) in [6.45, 7) is 0.423. The van der Waals surface area contributed by atoms with E-state index in [0.717, 1.165) is 0 Å². The van der Waals surface area contributed by atoms with Crippen LogP contribution in [0.25, 0.3) is 0 Å². The SMILES string of the molecule is Fc1ccccc1CNC1CCN(CC(F)(F)F)CC1. The molecular weight excluding hydrogens is 272 g/mol. The number of nitrogens with zero attached hydrogens (tertiary/aromatic N) is 1. The first-order chi connectivity index (χ1) is 9.44. The van der Waals surface area contributed by atoms with Crippen LogP contribution < -0.4 is 5.32 Å². The molecule has 0 radical (unpaired) electrons. The Morgan fingerprint density at radius 3 is 2.40 bits per heavy atom. The van der Waals surface area contributed by atoms with Gasteiger partial charge < -0.3 is 5.32 Å². The molecular formula is C14H18F4N2. The van der Waals surface area contributed by atoms with Gasteiger partial charge in [-0.2, -0.15) is 13.2 Å². The second-order valence-electron chi connectivity index (χ2n) is 5.14. The first kappa shape index (κ1) is 15.3. The Bertz CT molecular complexity index is 425. The molecule has 6 heteroatoms. The lowest BCUT2D eigenvalue weighted by molar-refractivity contribution is -0.148. The third-order valence-electron chi connectivity index (χ3n) is 3.53. The summed E-state index contributed by atoms with van der Waals surface area (Å²) in [6, 6.07) is 6.67. The average Bonchev–Trinajstić information content (AvgIpc) is 2.38. The Balaban J connectivity index is 1.74. The van der Waals surface area contributed by atoms with Gasteiger partial charge in [-0.1, -0.05) is 18.2 Å². The third-order valence-corrected chi connectivity index (χ3v) is 3.53. The highest BCUT2D eigenvalue weighted by Crippen LogP contribution is 2.20. The Morgan fingerprint density at radius 2 is 1.80 bits per heavy atom. The molecule has 1 aliphatic rings. The van der Waals surface area contributed by atoms with Crippen LogP contribution in [0.1, 0.15) is 18.4 Å². The van der Waals surface area contributed by atoms with E-state index < -0.39 is 12.7 Å². The second-order valence-corrected chi connectivity index (χ2v) is 5.14. The molecule has 112 valence electrons. The van der Waals surface area contributed by atoms with E-state index in [4.69, 9.17) is 0 Å². The van der Waals surface area contributed by atoms with Crippen LogP contribution in [0.15, 0.2) is 24.3 Å². The maximum atomic E-state index is 13.4. The van der Waals surface area contributed by atoms with Crippen LogP contribution in [0.2, 0.25) is 0 Å². The van der Waals surface area contributed by atoms with E-state index in [9.17, 15) is 17.6 Å². The van der Waals surface area contributed by atoms with Crippen LogP contribution in [0.4, 0.5) is 17.6 Å². The van der Waals surface area contributed by atoms with Gasteiger partial charge in [-0.3, -0.25) is 4.90 Å². The fraction of sp³-hybridized carbons (Fsp3) is 0.571. The quantitative estimate of drug-likeness (QED) is 0.858. The Labute approximate surface area is 115 Å². The number of benzene rings is 1. The molecule has 0 unspecified atom stereocenters. The third kappa shape index (κ3) is 4.76. The topological polar surface area (TPSA) is 15.3 Å². The highest BCUT2D eigenvalue weighted by Gasteiger charge is 2.32. The first-order valence-corrected chi connectivity index (χ1v) is 6.70. The molecule has 1 fully saturated rings. The van der Waals surface area contributed by atoms with Crippen LogP contribution in [0.5, 0.6) is 0 Å². The predicted octanol–water partition coefficient (Wildman–Crippen LogP) is 2.94. The summed E-state index contributed by atoms with van der Waals surface area (Å²) >= 11 is 0. The molecule has 1 heterocycles. The molecule has 0 bridgehead atoms. The molecule has 0 spiro atoms. The number of hydrogen-bond donors (Lipinski definition) is 1. The van der Waals surface area contributed by atoms with Crippen LogP contribution in [-0.4, -0.2) is 36.8 Å². The van der Waals surface area contributed by atoms with Crippen molar-refractivity contribution in [3.8, 4) is 0 Å². The molecule has 0 aliphatic carbocycles. The molecule has 0 atom stereocenters. The monoisotopic (exact) mass is 290 g/mol. The summed E-state index contributed by atoms with van der Waals surface area (Å²) in [7, 11) is 0. The Morgan fingerprint density at radius 1 is 1.15 bits per heavy atom. The largest absolute Gasteiger partial charge is 0.401 e. The summed E-state index contributed by atoms with van der Waals surface area (Å²) < 4.78 is 50.2. The Hall–Kier alpha value is -1.14. The molecule has 0 amide bonds. The number of hydrogen-bond acceptors (Lipinski definition) is 2. The number of nitrogens with one attached hydrogen (secondary N) is 1. The van der Waals surface area contributed by atoms with Gasteiger partial charge in [0.05, 0.1) is 6.54 Å². The molecule has 0 aromatic heterocycles. The minimum atomic E-state index is -4.13. The van der Waals surface area contributed by atoms with Gasteiger partial charge in [-0.15, -0.1) is 0 Å². The van der Waals surface area contributed by atoms with Gasteiger partial charge in [0.1, 0.15) is 5.82 Å². The standard InChI is InChI=1S/C14H18F4N2/c15-13-4-2-1-3-11(13)9-19-12-5-7-20(8-6-12)10-14(16,17)18/h1-4,12,19H,5-10H2. The highest BCUT2D eigenvalue weighted by molar-refractivity contribution is 5.17. The fourth-order valence-corrected chi connectivity index (χ4v) is 2.44. The summed E-state index contributed by atoms with van der Waals surface area (Å²) in [5.41, 5.74) is 0.588. The lowest BCUT2D eigenvalue weighted by Crippen LogP contribution is -2.45. The van der Waals surface area contributed by atoms with E-state index in [1.54, 1.807) is 18.2 Å². The zero-order valence-electron chi connectivity index (χ0n) is 11.1. The van der Waals surface area contributed by atoms with E-state index in [0.29, 0.717) is 38.0 Å². The van der Waals surface area contributed by atoms with Gasteiger partial charge in [-0.25, -0.2) is 4.39 Å². The van der Waals surface area contributed by atoms with Crippen LogP contribution in [0.3, 0.4) is 0 Å². The van der Waals surface area contributed by atoms with Crippen molar-refractivity contribution in [1.29, 1.82) is 0 Å². The van der Waals surface area contributed by atoms with Gasteiger partial charge in [0, 0.05) is 18.2 Å². The van der Waals surface area contributed by atoms with Crippen molar-refractivity contribution in [3.63, 3.8) is 0 Å². The predicted molar refractivity (Wildman–Crippen MR) is 68.8 cm³/mol. The van der Waals surface area contributed by atoms with Crippen molar-refractivity contribution in [2.75, 3.05) is 19.6 Å². The molecule has 0 saturated carbocycles. The first-order valence-electron chi connectivity index (χ1n) is 6.70. The van der Waals surface area contributed by atoms with Crippen molar-refractivity contribution in [2.45, 2.75) is 31.6 Å². The molecule has 1 aromatic carbocycles. The summed E-state index contributed by atoms with van der Waals surface area (Å²) in [6.07, 6.45) is -2.82. The lowest BCUT2D eigenvalue weighted by Gasteiger charge is -2.32. The molecule has 1 N–H and O–H groups in total. The van der Waals surface area contributed by atoms with Crippen molar-refractivity contribution in [3.05, 3.63) is 35.6 Å². The molecule has 2 rings (SSSR count). The molecule has 1 aromatic rings. The number of alkyl halides is 3. The summed E-state index contributed by atoms with van der Waals surface area (Å²) in [5, 5.41) is 3.21. The molecule has 20 heavy (non-hydrogen) atoms. The van der Waals surface area contributed by atoms with Crippen molar-refractivity contribution in [2.24, 2.45) is 0 Å². The lowest BCUT2D eigenvalue weighted by atomic mass is 10.0. The zero-order valence-corrected chi connectivity index (χ0v) is 11.1. The molecule has 1 saturated heterocycles. The van der Waals surface area contributed by atoms with E-state index in [1.807, 2.05) is 0 Å². The molecule has 2 nitrogen and oxygen atoms in total. The van der Waals surface area contributed by atoms with Gasteiger partial charge >= 0.3 is 6.18 Å². The minimum Gasteiger partial charge on any atom is -0.310 e. The van der Waals surface area contributed by atoms with Crippen molar-refractivity contribution >= 4 is 0 Å². The summed E-state index contributed by atoms with van der Waals surface area (Å²) in [4.78, 5) is 1.42. The van der Waals surface area contributed by atoms with Gasteiger partial charge in [0.25, 0.3) is 0 Å². The van der Waals surface area contributed by atoms with Crippen LogP contribution in [0, 0.1) is 5.82 Å². The highest BCUT2D eigenvalue weighted by atomic mass is 19.4. The van der Waals surface area contributed by atoms with Gasteiger partial charge in [-0.05, 0) is 32.0 Å². The number of rotatable bonds is 4. The van der Waals surface area contributed by atoms with E-state index >= 15 is 0 Å². The smallest absolute Gasteiger partial charge is 0.310 e. The minimum absolute atomic E-state index is 0.152. The maximum absolute atomic E-state index is 13.4. The normalized spacial score (nSPS) is 18.4. The van der Waals surface area contributed by atoms with E-state index in [1.165, 1.54) is 11.0 Å². The van der Waals surface area contributed by atoms with Gasteiger partial charge in [0.2, 0.25) is 0 Å². The zero-order chi connectivity index (χ0) is 14.6. The van der Waals surface area contributed by atoms with Crippen molar-refractivity contribution < 1.29 is 17.6 Å². The fourth-order valence-electron chi connectivity index (χ4n) is 2.44. The number of likely N-dealkylation sites (tertiary alicyclic amines) is 1. The maximum Gasteiger partial charge on any atom is 0.401 e. The van der Waals surface area contributed by atoms with E-state index in [-0.39, 0.29) is 11.9 Å². The number of piperidine rings is 1. The Kier molecular flexibility index (Phi) is 4.99. The molecule has 1 aliphatic heterocycles. The van der Waals surface area contributed by atoms with Crippen LogP contribution in [-0.2, 0) is 6.54 Å². The second kappa shape index (κ2) is 6.54. The van der Waals surface area contributed by atoms with Crippen LogP contribution >= 0.6 is 0 Å². The summed E-state index contributed by atoms with van der Waals surface area (Å²) in [5.74, 6) is -0.255. The average molecular weight is 290 g/mol. The number of halogens is 4. The van der Waals surface area contributed by atoms with Crippen molar-refractivity contribution in [1.82, 2.24) is 10.2 Å². The van der Waals surface area contributed by atoms with Gasteiger partial charge in [0.15, 0.2) is 0 Å².